The number of halogens is 1. The van der Waals surface area contributed by atoms with E-state index in [1.807, 2.05) is 13.1 Å². The number of anilines is 3. The minimum absolute atomic E-state index is 0.221. The van der Waals surface area contributed by atoms with Gasteiger partial charge in [-0.25, -0.2) is 0 Å². The highest BCUT2D eigenvalue weighted by Gasteiger charge is 2.34. The zero-order valence-corrected chi connectivity index (χ0v) is 16.5. The van der Waals surface area contributed by atoms with Crippen LogP contribution >= 0.6 is 11.6 Å². The summed E-state index contributed by atoms with van der Waals surface area (Å²) in [5, 5.41) is 22.0. The maximum absolute atomic E-state index is 11.9. The van der Waals surface area contributed by atoms with Gasteiger partial charge in [0.15, 0.2) is 0 Å². The van der Waals surface area contributed by atoms with Gasteiger partial charge in [-0.3, -0.25) is 9.48 Å². The molecule has 152 valence electrons. The van der Waals surface area contributed by atoms with Crippen molar-refractivity contribution in [3.63, 3.8) is 0 Å². The van der Waals surface area contributed by atoms with Crippen molar-refractivity contribution in [1.29, 1.82) is 0 Å². The van der Waals surface area contributed by atoms with Gasteiger partial charge < -0.3 is 25.6 Å². The summed E-state index contributed by atoms with van der Waals surface area (Å²) in [5.74, 6) is 0.584. The highest BCUT2D eigenvalue weighted by molar-refractivity contribution is 6.36. The third-order valence-electron chi connectivity index (χ3n) is 4.79. The highest BCUT2D eigenvalue weighted by atomic mass is 35.5. The zero-order chi connectivity index (χ0) is 20.5. The molecule has 4 heterocycles. The monoisotopic (exact) mass is 416 g/mol. The van der Waals surface area contributed by atoms with Gasteiger partial charge in [-0.05, 0) is 13.0 Å². The number of aliphatic hydroxyl groups excluding tert-OH is 1. The number of carbonyl (C=O) groups is 1. The average molecular weight is 417 g/mol. The first-order valence-electron chi connectivity index (χ1n) is 9.18. The molecule has 1 aliphatic rings. The Morgan fingerprint density at radius 1 is 1.48 bits per heavy atom. The number of nitrogens with one attached hydrogen (secondary N) is 3. The Balaban J connectivity index is 1.63. The smallest absolute Gasteiger partial charge is 0.246 e. The van der Waals surface area contributed by atoms with E-state index in [1.165, 1.54) is 11.0 Å². The van der Waals surface area contributed by atoms with Crippen molar-refractivity contribution in [2.24, 2.45) is 0 Å². The number of aryl methyl sites for hydroxylation is 1. The molecular formula is C18H21ClN8O2. The van der Waals surface area contributed by atoms with E-state index in [2.05, 4.69) is 37.3 Å². The summed E-state index contributed by atoms with van der Waals surface area (Å²) in [4.78, 5) is 25.4. The lowest BCUT2D eigenvalue weighted by Crippen LogP contribution is -2.33. The van der Waals surface area contributed by atoms with Crippen LogP contribution in [0.1, 0.15) is 6.92 Å². The van der Waals surface area contributed by atoms with Crippen molar-refractivity contribution in [3.05, 3.63) is 36.3 Å². The van der Waals surface area contributed by atoms with Crippen LogP contribution in [0.5, 0.6) is 0 Å². The quantitative estimate of drug-likeness (QED) is 0.451. The van der Waals surface area contributed by atoms with E-state index in [4.69, 9.17) is 11.6 Å². The maximum atomic E-state index is 11.9. The minimum atomic E-state index is -0.749. The van der Waals surface area contributed by atoms with Gasteiger partial charge in [-0.1, -0.05) is 18.2 Å². The van der Waals surface area contributed by atoms with Crippen LogP contribution in [0.3, 0.4) is 0 Å². The van der Waals surface area contributed by atoms with Crippen LogP contribution in [0.2, 0.25) is 5.02 Å². The van der Waals surface area contributed by atoms with Gasteiger partial charge >= 0.3 is 0 Å². The standard InChI is InChI=1S/C18H21ClN8O2/c1-3-14(29)26-8-12(13(28)9-26)23-17-15-11(19)6-20-16(15)24-18(25-17)22-10-5-21-27(4-2)7-10/h3,5-7,12-13,28H,1,4,8-9H2,2H3,(H3,20,22,23,24,25). The SMILES string of the molecule is C=CC(=O)N1CC(O)C(Nc2nc(Nc3cnn(CC)c3)nc3[nH]cc(Cl)c23)C1. The number of β-amino-alcohol motifs (C(OH)–C–C–N with tert-alkyl or cyclic N) is 1. The Labute approximate surface area is 171 Å². The lowest BCUT2D eigenvalue weighted by molar-refractivity contribution is -0.125. The molecule has 11 heteroatoms. The molecule has 3 aromatic heterocycles. The molecule has 2 atom stereocenters. The molecule has 1 aliphatic heterocycles. The summed E-state index contributed by atoms with van der Waals surface area (Å²) in [6.07, 6.45) is 5.65. The van der Waals surface area contributed by atoms with Crippen LogP contribution in [0.4, 0.5) is 17.5 Å². The highest BCUT2D eigenvalue weighted by Crippen LogP contribution is 2.31. The van der Waals surface area contributed by atoms with Crippen molar-refractivity contribution >= 4 is 46.0 Å². The number of H-pyrrole nitrogens is 1. The third kappa shape index (κ3) is 3.76. The number of hydrogen-bond acceptors (Lipinski definition) is 7. The number of aliphatic hydroxyl groups is 1. The molecule has 1 amide bonds. The number of carbonyl (C=O) groups excluding carboxylic acids is 1. The van der Waals surface area contributed by atoms with Crippen molar-refractivity contribution in [2.75, 3.05) is 23.7 Å². The lowest BCUT2D eigenvalue weighted by Gasteiger charge is -2.18. The second kappa shape index (κ2) is 7.72. The Bertz CT molecular complexity index is 1060. The summed E-state index contributed by atoms with van der Waals surface area (Å²) < 4.78 is 1.78. The van der Waals surface area contributed by atoms with Crippen LogP contribution in [-0.2, 0) is 11.3 Å². The number of fused-ring (bicyclic) bond motifs is 1. The van der Waals surface area contributed by atoms with Crippen LogP contribution in [0, 0.1) is 0 Å². The normalized spacial score (nSPS) is 18.9. The van der Waals surface area contributed by atoms with Gasteiger partial charge in [0.05, 0.1) is 34.4 Å². The molecule has 29 heavy (non-hydrogen) atoms. The topological polar surface area (TPSA) is 124 Å². The number of hydrogen-bond donors (Lipinski definition) is 4. The van der Waals surface area contributed by atoms with Crippen LogP contribution in [0.15, 0.2) is 31.2 Å². The fourth-order valence-electron chi connectivity index (χ4n) is 3.30. The summed E-state index contributed by atoms with van der Waals surface area (Å²) >= 11 is 6.31. The molecule has 4 rings (SSSR count). The Kier molecular flexibility index (Phi) is 5.12. The lowest BCUT2D eigenvalue weighted by atomic mass is 10.2. The summed E-state index contributed by atoms with van der Waals surface area (Å²) in [6, 6.07) is -0.404. The van der Waals surface area contributed by atoms with E-state index < -0.39 is 12.1 Å². The van der Waals surface area contributed by atoms with Gasteiger partial charge in [0.25, 0.3) is 0 Å². The predicted octanol–water partition coefficient (Wildman–Crippen LogP) is 1.74. The second-order valence-corrected chi connectivity index (χ2v) is 7.14. The Hall–Kier alpha value is -3.11. The minimum Gasteiger partial charge on any atom is -0.389 e. The first kappa shape index (κ1) is 19.2. The summed E-state index contributed by atoms with van der Waals surface area (Å²) in [6.45, 7) is 6.79. The second-order valence-electron chi connectivity index (χ2n) is 6.73. The van der Waals surface area contributed by atoms with E-state index in [-0.39, 0.29) is 12.5 Å². The number of likely N-dealkylation sites (tertiary alicyclic amines) is 1. The number of nitrogens with zero attached hydrogens (tertiary/aromatic N) is 5. The fraction of sp³-hybridized carbons (Fsp3) is 0.333. The zero-order valence-electron chi connectivity index (χ0n) is 15.8. The molecule has 0 saturated carbocycles. The first-order valence-corrected chi connectivity index (χ1v) is 9.56. The predicted molar refractivity (Wildman–Crippen MR) is 110 cm³/mol. The van der Waals surface area contributed by atoms with Gasteiger partial charge in [0.2, 0.25) is 11.9 Å². The van der Waals surface area contributed by atoms with Crippen molar-refractivity contribution < 1.29 is 9.90 Å². The Morgan fingerprint density at radius 3 is 3.03 bits per heavy atom. The first-order chi connectivity index (χ1) is 14.0. The number of amides is 1. The molecule has 2 unspecified atom stereocenters. The average Bonchev–Trinajstić information content (AvgIpc) is 3.41. The van der Waals surface area contributed by atoms with E-state index >= 15 is 0 Å². The van der Waals surface area contributed by atoms with Crippen molar-refractivity contribution in [2.45, 2.75) is 25.6 Å². The van der Waals surface area contributed by atoms with Gasteiger partial charge in [-0.15, -0.1) is 0 Å². The molecule has 0 aromatic carbocycles. The van der Waals surface area contributed by atoms with E-state index in [1.54, 1.807) is 17.1 Å². The van der Waals surface area contributed by atoms with Crippen molar-refractivity contribution in [3.8, 4) is 0 Å². The van der Waals surface area contributed by atoms with Crippen molar-refractivity contribution in [1.82, 2.24) is 29.6 Å². The summed E-state index contributed by atoms with van der Waals surface area (Å²) in [5.41, 5.74) is 1.29. The number of aromatic amines is 1. The number of rotatable bonds is 6. The molecule has 4 N–H and O–H groups in total. The van der Waals surface area contributed by atoms with E-state index in [9.17, 15) is 9.90 Å². The van der Waals surface area contributed by atoms with E-state index in [0.29, 0.717) is 34.4 Å². The maximum Gasteiger partial charge on any atom is 0.246 e. The van der Waals surface area contributed by atoms with E-state index in [0.717, 1.165) is 12.2 Å². The molecule has 10 nitrogen and oxygen atoms in total. The third-order valence-corrected chi connectivity index (χ3v) is 5.09. The van der Waals surface area contributed by atoms with Gasteiger partial charge in [-0.2, -0.15) is 15.1 Å². The molecule has 1 fully saturated rings. The molecule has 1 saturated heterocycles. The molecule has 3 aromatic rings. The molecular weight excluding hydrogens is 396 g/mol. The van der Waals surface area contributed by atoms with Gasteiger partial charge in [0.1, 0.15) is 11.5 Å². The molecule has 0 spiro atoms. The van der Waals surface area contributed by atoms with Gasteiger partial charge in [0, 0.05) is 32.0 Å². The summed E-state index contributed by atoms with van der Waals surface area (Å²) in [7, 11) is 0. The van der Waals surface area contributed by atoms with Crippen LogP contribution in [-0.4, -0.2) is 65.9 Å². The molecule has 0 radical (unpaired) electrons. The fourth-order valence-corrected chi connectivity index (χ4v) is 3.53. The van der Waals surface area contributed by atoms with Crippen LogP contribution in [0.25, 0.3) is 11.0 Å². The molecule has 0 bridgehead atoms. The largest absolute Gasteiger partial charge is 0.389 e. The Morgan fingerprint density at radius 2 is 2.31 bits per heavy atom. The van der Waals surface area contributed by atoms with Crippen LogP contribution < -0.4 is 10.6 Å². The number of aromatic nitrogens is 5. The molecule has 0 aliphatic carbocycles.